The molecular formula is C17H17Cl3N2. The van der Waals surface area contributed by atoms with Crippen molar-refractivity contribution in [3.05, 3.63) is 63.1 Å². The molecule has 1 aliphatic rings. The molecule has 3 rings (SSSR count). The number of nitrogens with zero attached hydrogens (tertiary/aromatic N) is 2. The van der Waals surface area contributed by atoms with Crippen molar-refractivity contribution in [3.63, 3.8) is 0 Å². The van der Waals surface area contributed by atoms with Gasteiger partial charge in [0.1, 0.15) is 0 Å². The summed E-state index contributed by atoms with van der Waals surface area (Å²) in [5, 5.41) is 2.10. The van der Waals surface area contributed by atoms with E-state index in [9.17, 15) is 0 Å². The lowest BCUT2D eigenvalue weighted by atomic mass is 10.0. The van der Waals surface area contributed by atoms with Crippen LogP contribution in [0.25, 0.3) is 0 Å². The molecule has 0 unspecified atom stereocenters. The topological polar surface area (TPSA) is 6.48 Å². The molecule has 0 bridgehead atoms. The molecule has 2 nitrogen and oxygen atoms in total. The van der Waals surface area contributed by atoms with Crippen LogP contribution in [-0.2, 0) is 0 Å². The number of benzene rings is 2. The molecule has 2 aromatic rings. The molecule has 0 aliphatic carbocycles. The Morgan fingerprint density at radius 3 is 2.27 bits per heavy atom. The third-order valence-electron chi connectivity index (χ3n) is 4.06. The van der Waals surface area contributed by atoms with Crippen LogP contribution < -0.4 is 4.90 Å². The van der Waals surface area contributed by atoms with Crippen LogP contribution in [0.15, 0.2) is 42.5 Å². The number of likely N-dealkylation sites (N-methyl/N-ethyl adjacent to an activating group) is 1. The van der Waals surface area contributed by atoms with E-state index in [0.717, 1.165) is 30.3 Å². The average molecular weight is 356 g/mol. The zero-order chi connectivity index (χ0) is 15.7. The first kappa shape index (κ1) is 15.9. The molecule has 1 atom stereocenters. The Morgan fingerprint density at radius 2 is 1.59 bits per heavy atom. The molecule has 5 heteroatoms. The fraction of sp³-hybridized carbons (Fsp3) is 0.294. The molecule has 0 N–H and O–H groups in total. The fourth-order valence-corrected chi connectivity index (χ4v) is 3.54. The van der Waals surface area contributed by atoms with E-state index in [2.05, 4.69) is 29.0 Å². The number of anilines is 1. The second kappa shape index (κ2) is 6.67. The number of piperazine rings is 1. The van der Waals surface area contributed by atoms with Crippen molar-refractivity contribution in [2.24, 2.45) is 0 Å². The summed E-state index contributed by atoms with van der Waals surface area (Å²) in [7, 11) is 2.14. The van der Waals surface area contributed by atoms with E-state index < -0.39 is 0 Å². The molecule has 2 aromatic carbocycles. The van der Waals surface area contributed by atoms with Gasteiger partial charge in [-0.15, -0.1) is 0 Å². The SMILES string of the molecule is CN1CCN(c2ccc(Cl)cc2Cl)[C@H](c2ccc(Cl)cc2)C1. The number of hydrogen-bond acceptors (Lipinski definition) is 2. The molecular weight excluding hydrogens is 339 g/mol. The lowest BCUT2D eigenvalue weighted by Gasteiger charge is -2.42. The summed E-state index contributed by atoms with van der Waals surface area (Å²) < 4.78 is 0. The van der Waals surface area contributed by atoms with E-state index in [-0.39, 0.29) is 6.04 Å². The summed E-state index contributed by atoms with van der Waals surface area (Å²) in [6, 6.07) is 14.0. The highest BCUT2D eigenvalue weighted by molar-refractivity contribution is 6.36. The largest absolute Gasteiger partial charge is 0.361 e. The molecule has 116 valence electrons. The minimum absolute atomic E-state index is 0.245. The lowest BCUT2D eigenvalue weighted by Crippen LogP contribution is -2.47. The monoisotopic (exact) mass is 354 g/mol. The van der Waals surface area contributed by atoms with Gasteiger partial charge in [-0.25, -0.2) is 0 Å². The molecule has 1 aliphatic heterocycles. The molecule has 1 heterocycles. The Hall–Kier alpha value is -0.930. The van der Waals surface area contributed by atoms with E-state index in [1.807, 2.05) is 24.3 Å². The van der Waals surface area contributed by atoms with Gasteiger partial charge in [0, 0.05) is 29.7 Å². The predicted molar refractivity (Wildman–Crippen MR) is 95.5 cm³/mol. The van der Waals surface area contributed by atoms with Crippen LogP contribution >= 0.6 is 34.8 Å². The van der Waals surface area contributed by atoms with Crippen LogP contribution in [0, 0.1) is 0 Å². The summed E-state index contributed by atoms with van der Waals surface area (Å²) in [6.07, 6.45) is 0. The van der Waals surface area contributed by atoms with Gasteiger partial charge in [0.25, 0.3) is 0 Å². The summed E-state index contributed by atoms with van der Waals surface area (Å²) in [5.74, 6) is 0. The van der Waals surface area contributed by atoms with E-state index in [1.165, 1.54) is 5.56 Å². The number of rotatable bonds is 2. The Morgan fingerprint density at radius 1 is 0.909 bits per heavy atom. The van der Waals surface area contributed by atoms with Crippen LogP contribution in [0.5, 0.6) is 0 Å². The summed E-state index contributed by atoms with van der Waals surface area (Å²) in [5.41, 5.74) is 2.26. The van der Waals surface area contributed by atoms with E-state index in [1.54, 1.807) is 6.07 Å². The van der Waals surface area contributed by atoms with Crippen molar-refractivity contribution in [2.45, 2.75) is 6.04 Å². The maximum absolute atomic E-state index is 6.42. The van der Waals surface area contributed by atoms with Crippen molar-refractivity contribution in [1.82, 2.24) is 4.90 Å². The maximum Gasteiger partial charge on any atom is 0.0670 e. The lowest BCUT2D eigenvalue weighted by molar-refractivity contribution is 0.269. The van der Waals surface area contributed by atoms with E-state index in [0.29, 0.717) is 10.0 Å². The molecule has 0 saturated carbocycles. The summed E-state index contributed by atoms with van der Waals surface area (Å²) >= 11 is 18.5. The van der Waals surface area contributed by atoms with Crippen molar-refractivity contribution in [1.29, 1.82) is 0 Å². The number of halogens is 3. The standard InChI is InChI=1S/C17H17Cl3N2/c1-21-8-9-22(16-7-6-14(19)10-15(16)20)17(11-21)12-2-4-13(18)5-3-12/h2-7,10,17H,8-9,11H2,1H3/t17-/m0/s1. The Balaban J connectivity index is 1.98. The van der Waals surface area contributed by atoms with Gasteiger partial charge in [-0.05, 0) is 42.9 Å². The zero-order valence-corrected chi connectivity index (χ0v) is 14.5. The molecule has 0 spiro atoms. The summed E-state index contributed by atoms with van der Waals surface area (Å²) in [4.78, 5) is 4.68. The molecule has 1 saturated heterocycles. The van der Waals surface area contributed by atoms with Crippen LogP contribution in [0.3, 0.4) is 0 Å². The van der Waals surface area contributed by atoms with Gasteiger partial charge in [-0.3, -0.25) is 0 Å². The van der Waals surface area contributed by atoms with Crippen molar-refractivity contribution in [3.8, 4) is 0 Å². The van der Waals surface area contributed by atoms with Gasteiger partial charge in [0.05, 0.1) is 16.8 Å². The zero-order valence-electron chi connectivity index (χ0n) is 12.3. The highest BCUT2D eigenvalue weighted by Gasteiger charge is 2.28. The Bertz CT molecular complexity index is 657. The molecule has 0 aromatic heterocycles. The fourth-order valence-electron chi connectivity index (χ4n) is 2.89. The van der Waals surface area contributed by atoms with E-state index in [4.69, 9.17) is 34.8 Å². The molecule has 1 fully saturated rings. The highest BCUT2D eigenvalue weighted by atomic mass is 35.5. The average Bonchev–Trinajstić information content (AvgIpc) is 2.49. The van der Waals surface area contributed by atoms with Crippen molar-refractivity contribution < 1.29 is 0 Å². The Kier molecular flexibility index (Phi) is 4.84. The van der Waals surface area contributed by atoms with Gasteiger partial charge >= 0.3 is 0 Å². The second-order valence-corrected chi connectivity index (χ2v) is 6.90. The molecule has 0 radical (unpaired) electrons. The van der Waals surface area contributed by atoms with Crippen LogP contribution in [0.4, 0.5) is 5.69 Å². The van der Waals surface area contributed by atoms with Crippen molar-refractivity contribution >= 4 is 40.5 Å². The quantitative estimate of drug-likeness (QED) is 0.736. The highest BCUT2D eigenvalue weighted by Crippen LogP contribution is 2.36. The molecule has 22 heavy (non-hydrogen) atoms. The second-order valence-electron chi connectivity index (χ2n) is 5.62. The van der Waals surface area contributed by atoms with Gasteiger partial charge in [0.2, 0.25) is 0 Å². The molecule has 0 amide bonds. The third kappa shape index (κ3) is 3.36. The van der Waals surface area contributed by atoms with Crippen LogP contribution in [-0.4, -0.2) is 31.6 Å². The van der Waals surface area contributed by atoms with Gasteiger partial charge in [-0.1, -0.05) is 46.9 Å². The van der Waals surface area contributed by atoms with Gasteiger partial charge < -0.3 is 9.80 Å². The first-order chi connectivity index (χ1) is 10.5. The minimum Gasteiger partial charge on any atom is -0.361 e. The first-order valence-corrected chi connectivity index (χ1v) is 8.33. The Labute approximate surface area is 146 Å². The van der Waals surface area contributed by atoms with Gasteiger partial charge in [-0.2, -0.15) is 0 Å². The van der Waals surface area contributed by atoms with Crippen molar-refractivity contribution in [2.75, 3.05) is 31.6 Å². The normalized spacial score (nSPS) is 19.5. The minimum atomic E-state index is 0.245. The predicted octanol–water partition coefficient (Wildman–Crippen LogP) is 5.14. The number of hydrogen-bond donors (Lipinski definition) is 0. The maximum atomic E-state index is 6.42. The van der Waals surface area contributed by atoms with Gasteiger partial charge in [0.15, 0.2) is 0 Å². The van der Waals surface area contributed by atoms with Crippen LogP contribution in [0.1, 0.15) is 11.6 Å². The first-order valence-electron chi connectivity index (χ1n) is 7.20. The van der Waals surface area contributed by atoms with E-state index >= 15 is 0 Å². The summed E-state index contributed by atoms with van der Waals surface area (Å²) in [6.45, 7) is 2.87. The van der Waals surface area contributed by atoms with Crippen LogP contribution in [0.2, 0.25) is 15.1 Å². The third-order valence-corrected chi connectivity index (χ3v) is 4.85. The smallest absolute Gasteiger partial charge is 0.0670 e.